The average molecular weight is 715 g/mol. The molecular weight excluding hydrogens is 657 g/mol. The fourth-order valence-electron chi connectivity index (χ4n) is 12.9. The highest BCUT2D eigenvalue weighted by molar-refractivity contribution is 5.74. The standard InChI is InChI=1S/C50H58N4/c51-31-33-12-11-13-35(26-33)39-14-1-3-16-41(39)42-17-4-2-15-40(42)36-28-37(53-47-21-8-5-18-43(47)44-19-6-9-22-48(44)53)30-38(29-36)54-49-23-10-7-20-45(49)46-27-34(32-52)24-25-50(46)54/h1,3,8,10,14,16,21,23,30,33-37,43,47H,2,4-7,9,11-13,15,17-20,22,24-29H2. The van der Waals surface area contributed by atoms with Crippen LogP contribution in [0.25, 0.3) is 17.3 Å². The second-order valence-electron chi connectivity index (χ2n) is 18.2. The number of hydrogen-bond donors (Lipinski definition) is 0. The number of nitrogens with zero attached hydrogens (tertiary/aromatic N) is 4. The van der Waals surface area contributed by atoms with Crippen LogP contribution in [0, 0.1) is 46.3 Å². The summed E-state index contributed by atoms with van der Waals surface area (Å²) in [5.74, 6) is 2.03. The maximum atomic E-state index is 10.0. The van der Waals surface area contributed by atoms with Crippen LogP contribution in [-0.4, -0.2) is 21.6 Å². The van der Waals surface area contributed by atoms with Crippen LogP contribution < -0.4 is 0 Å². The van der Waals surface area contributed by atoms with Gasteiger partial charge in [-0.2, -0.15) is 10.5 Å². The maximum Gasteiger partial charge on any atom is 0.0659 e. The van der Waals surface area contributed by atoms with Gasteiger partial charge in [-0.25, -0.2) is 0 Å². The van der Waals surface area contributed by atoms with E-state index in [1.165, 1.54) is 123 Å². The first-order valence-electron chi connectivity index (χ1n) is 22.1. The van der Waals surface area contributed by atoms with Crippen molar-refractivity contribution in [3.63, 3.8) is 0 Å². The molecule has 1 saturated carbocycles. The minimum Gasteiger partial charge on any atom is -0.361 e. The lowest BCUT2D eigenvalue weighted by Gasteiger charge is -2.43. The maximum absolute atomic E-state index is 10.0. The summed E-state index contributed by atoms with van der Waals surface area (Å²) in [6.07, 6.45) is 37.3. The van der Waals surface area contributed by atoms with E-state index in [1.54, 1.807) is 16.8 Å². The molecule has 7 unspecified atom stereocenters. The van der Waals surface area contributed by atoms with Gasteiger partial charge in [-0.15, -0.1) is 0 Å². The minimum atomic E-state index is 0.142. The van der Waals surface area contributed by atoms with Gasteiger partial charge in [-0.1, -0.05) is 54.5 Å². The highest BCUT2D eigenvalue weighted by atomic mass is 15.2. The summed E-state index contributed by atoms with van der Waals surface area (Å²) in [6, 6.07) is 15.6. The Labute approximate surface area is 324 Å². The third kappa shape index (κ3) is 5.90. The Morgan fingerprint density at radius 2 is 1.54 bits per heavy atom. The van der Waals surface area contributed by atoms with E-state index in [0.29, 0.717) is 29.8 Å². The molecule has 1 aromatic carbocycles. The summed E-state index contributed by atoms with van der Waals surface area (Å²) in [6.45, 7) is 0. The van der Waals surface area contributed by atoms with Crippen LogP contribution in [0.2, 0.25) is 0 Å². The van der Waals surface area contributed by atoms with Crippen molar-refractivity contribution in [3.8, 4) is 12.1 Å². The van der Waals surface area contributed by atoms with Gasteiger partial charge in [-0.3, -0.25) is 0 Å². The molecule has 10 rings (SSSR count). The van der Waals surface area contributed by atoms with E-state index in [2.05, 4.69) is 76.3 Å². The Hall–Kier alpha value is -4.02. The van der Waals surface area contributed by atoms with E-state index in [1.807, 2.05) is 5.57 Å². The Morgan fingerprint density at radius 1 is 0.685 bits per heavy atom. The van der Waals surface area contributed by atoms with Crippen LogP contribution in [-0.2, 0) is 19.3 Å². The SMILES string of the molecule is N#CC1CCc2c(c3c(n2C2=CC(N4C5=C(CCCC5)C5CCC=CC54)CC(C4=C(c5ccccc5C5CCCC(C#N)C5)CCCC4)C2)C=CCC3)C1. The molecule has 0 N–H and O–H groups in total. The van der Waals surface area contributed by atoms with Gasteiger partial charge in [0.05, 0.1) is 30.1 Å². The molecule has 1 fully saturated rings. The van der Waals surface area contributed by atoms with E-state index < -0.39 is 0 Å². The molecule has 54 heavy (non-hydrogen) atoms. The molecule has 2 aromatic rings. The summed E-state index contributed by atoms with van der Waals surface area (Å²) in [4.78, 5) is 2.98. The lowest BCUT2D eigenvalue weighted by atomic mass is 9.71. The Kier molecular flexibility index (Phi) is 9.30. The van der Waals surface area contributed by atoms with Crippen LogP contribution in [0.15, 0.2) is 65.4 Å². The van der Waals surface area contributed by atoms with Crippen molar-refractivity contribution in [2.45, 2.75) is 153 Å². The molecule has 2 heterocycles. The highest BCUT2D eigenvalue weighted by Crippen LogP contribution is 2.52. The van der Waals surface area contributed by atoms with Crippen LogP contribution in [0.3, 0.4) is 0 Å². The Morgan fingerprint density at radius 3 is 2.44 bits per heavy atom. The molecule has 0 spiro atoms. The number of rotatable bonds is 5. The molecule has 0 saturated heterocycles. The van der Waals surface area contributed by atoms with Gasteiger partial charge in [0.15, 0.2) is 0 Å². The molecule has 0 bridgehead atoms. The van der Waals surface area contributed by atoms with E-state index in [-0.39, 0.29) is 11.8 Å². The van der Waals surface area contributed by atoms with Gasteiger partial charge in [-0.05, 0) is 186 Å². The van der Waals surface area contributed by atoms with E-state index >= 15 is 0 Å². The highest BCUT2D eigenvalue weighted by Gasteiger charge is 2.45. The van der Waals surface area contributed by atoms with Crippen molar-refractivity contribution in [1.82, 2.24) is 9.47 Å². The first-order chi connectivity index (χ1) is 26.7. The van der Waals surface area contributed by atoms with Crippen molar-refractivity contribution in [1.29, 1.82) is 10.5 Å². The molecule has 1 aliphatic heterocycles. The van der Waals surface area contributed by atoms with E-state index in [0.717, 1.165) is 51.4 Å². The van der Waals surface area contributed by atoms with Crippen LogP contribution in [0.1, 0.15) is 155 Å². The third-order valence-corrected chi connectivity index (χ3v) is 15.3. The lowest BCUT2D eigenvalue weighted by molar-refractivity contribution is 0.198. The second-order valence-corrected chi connectivity index (χ2v) is 18.2. The molecular formula is C50H58N4. The van der Waals surface area contributed by atoms with Crippen LogP contribution in [0.4, 0.5) is 0 Å². The number of nitriles is 2. The monoisotopic (exact) mass is 714 g/mol. The van der Waals surface area contributed by atoms with Gasteiger partial charge in [0.1, 0.15) is 0 Å². The number of aromatic nitrogens is 1. The zero-order valence-corrected chi connectivity index (χ0v) is 32.4. The van der Waals surface area contributed by atoms with E-state index in [4.69, 9.17) is 0 Å². The fraction of sp³-hybridized carbons (Fsp3) is 0.560. The van der Waals surface area contributed by atoms with Crippen molar-refractivity contribution in [2.75, 3.05) is 0 Å². The topological polar surface area (TPSA) is 55.8 Å². The number of allylic oxidation sites excluding steroid dienone is 6. The van der Waals surface area contributed by atoms with Gasteiger partial charge in [0.25, 0.3) is 0 Å². The van der Waals surface area contributed by atoms with Gasteiger partial charge >= 0.3 is 0 Å². The molecule has 0 amide bonds. The van der Waals surface area contributed by atoms with Crippen molar-refractivity contribution in [3.05, 3.63) is 99.1 Å². The van der Waals surface area contributed by atoms with Gasteiger partial charge < -0.3 is 9.47 Å². The molecule has 1 aromatic heterocycles. The predicted molar refractivity (Wildman–Crippen MR) is 219 cm³/mol. The first kappa shape index (κ1) is 34.5. The number of benzene rings is 1. The second kappa shape index (κ2) is 14.6. The summed E-state index contributed by atoms with van der Waals surface area (Å²) >= 11 is 0. The summed E-state index contributed by atoms with van der Waals surface area (Å²) in [7, 11) is 0. The quantitative estimate of drug-likeness (QED) is 0.290. The first-order valence-corrected chi connectivity index (χ1v) is 22.1. The zero-order chi connectivity index (χ0) is 36.2. The Bertz CT molecular complexity index is 2050. The molecule has 7 atom stereocenters. The number of fused-ring (bicyclic) bond motifs is 5. The minimum absolute atomic E-state index is 0.142. The summed E-state index contributed by atoms with van der Waals surface area (Å²) in [5, 5.41) is 20.0. The van der Waals surface area contributed by atoms with Crippen LogP contribution >= 0.6 is 0 Å². The van der Waals surface area contributed by atoms with Crippen molar-refractivity contribution in [2.24, 2.45) is 23.7 Å². The molecule has 4 nitrogen and oxygen atoms in total. The smallest absolute Gasteiger partial charge is 0.0659 e. The molecule has 8 aliphatic rings. The molecule has 0 radical (unpaired) electrons. The normalized spacial score (nSPS) is 31.9. The van der Waals surface area contributed by atoms with Gasteiger partial charge in [0, 0.05) is 34.6 Å². The molecule has 4 heteroatoms. The average Bonchev–Trinajstić information content (AvgIpc) is 3.76. The molecule has 7 aliphatic carbocycles. The number of hydrogen-bond acceptors (Lipinski definition) is 3. The van der Waals surface area contributed by atoms with Crippen molar-refractivity contribution >= 4 is 17.3 Å². The third-order valence-electron chi connectivity index (χ3n) is 15.3. The summed E-state index contributed by atoms with van der Waals surface area (Å²) in [5.41, 5.74) is 17.5. The zero-order valence-electron chi connectivity index (χ0n) is 32.4. The lowest BCUT2D eigenvalue weighted by Crippen LogP contribution is -2.43. The van der Waals surface area contributed by atoms with Crippen molar-refractivity contribution < 1.29 is 0 Å². The molecule has 278 valence electrons. The summed E-state index contributed by atoms with van der Waals surface area (Å²) < 4.78 is 2.76. The van der Waals surface area contributed by atoms with Crippen LogP contribution in [0.5, 0.6) is 0 Å². The van der Waals surface area contributed by atoms with Gasteiger partial charge in [0.2, 0.25) is 0 Å². The van der Waals surface area contributed by atoms with E-state index in [9.17, 15) is 10.5 Å². The largest absolute Gasteiger partial charge is 0.361 e. The fourth-order valence-corrected chi connectivity index (χ4v) is 12.9. The Balaban J connectivity index is 1.11. The predicted octanol–water partition coefficient (Wildman–Crippen LogP) is 12.0.